The number of amides is 1. The van der Waals surface area contributed by atoms with Gasteiger partial charge < -0.3 is 53.6 Å². The average molecular weight is 648 g/mol. The highest BCUT2D eigenvalue weighted by Crippen LogP contribution is 2.37. The van der Waals surface area contributed by atoms with Crippen molar-refractivity contribution in [1.82, 2.24) is 15.1 Å². The van der Waals surface area contributed by atoms with Crippen molar-refractivity contribution in [3.05, 3.63) is 42.5 Å². The highest BCUT2D eigenvalue weighted by Gasteiger charge is 2.25. The monoisotopic (exact) mass is 647 g/mol. The molecule has 9 heteroatoms. The van der Waals surface area contributed by atoms with E-state index in [1.54, 1.807) is 0 Å². The predicted octanol–water partition coefficient (Wildman–Crippen LogP) is 1.16. The second-order valence-electron chi connectivity index (χ2n) is 9.99. The molecule has 0 bridgehead atoms. The van der Waals surface area contributed by atoms with Gasteiger partial charge in [0.05, 0.1) is 16.5 Å². The van der Waals surface area contributed by atoms with Crippen LogP contribution in [0.4, 0.5) is 5.69 Å². The SMILES string of the molecule is CCN(CC)CCCNc1c2ccccc2[n+](C)c2c1oc1ccc(OCC(=O)NCCCN(C)C)cc12.[I-]. The number of furan rings is 1. The summed E-state index contributed by atoms with van der Waals surface area (Å²) in [4.78, 5) is 16.8. The van der Waals surface area contributed by atoms with Crippen LogP contribution in [0.3, 0.4) is 0 Å². The molecule has 0 unspecified atom stereocenters. The van der Waals surface area contributed by atoms with Crippen LogP contribution in [-0.2, 0) is 11.8 Å². The van der Waals surface area contributed by atoms with Gasteiger partial charge in [0.2, 0.25) is 11.1 Å². The molecule has 0 spiro atoms. The van der Waals surface area contributed by atoms with Crippen LogP contribution in [0.25, 0.3) is 33.0 Å². The van der Waals surface area contributed by atoms with E-state index in [0.29, 0.717) is 12.3 Å². The molecule has 39 heavy (non-hydrogen) atoms. The van der Waals surface area contributed by atoms with E-state index in [9.17, 15) is 4.79 Å². The van der Waals surface area contributed by atoms with Crippen LogP contribution in [0, 0.1) is 0 Å². The number of anilines is 1. The standard InChI is InChI=1S/C30H41N5O3.HI/c1-6-35(7-2)19-11-17-32-28-23-12-8-9-13-25(23)34(5)29-24-20-22(14-15-26(24)38-30(28)29)37-21-27(36)31-16-10-18-33(3)4;/h8-9,12-15,20H,6-7,10-11,16-19,21H2,1-5H3,(H,31,36);1H. The molecule has 2 aromatic carbocycles. The molecule has 2 aromatic heterocycles. The van der Waals surface area contributed by atoms with E-state index >= 15 is 0 Å². The summed E-state index contributed by atoms with van der Waals surface area (Å²) >= 11 is 0. The minimum Gasteiger partial charge on any atom is -1.00 e. The lowest BCUT2D eigenvalue weighted by atomic mass is 10.1. The summed E-state index contributed by atoms with van der Waals surface area (Å²) in [5, 5.41) is 8.70. The van der Waals surface area contributed by atoms with Crippen molar-refractivity contribution in [2.75, 3.05) is 65.3 Å². The maximum absolute atomic E-state index is 12.3. The number of carbonyl (C=O) groups is 1. The Morgan fingerprint density at radius 2 is 1.74 bits per heavy atom. The Balaban J connectivity index is 0.00000420. The number of halogens is 1. The Hall–Kier alpha value is -2.63. The van der Waals surface area contributed by atoms with E-state index in [1.165, 1.54) is 0 Å². The summed E-state index contributed by atoms with van der Waals surface area (Å²) in [5.74, 6) is 0.527. The van der Waals surface area contributed by atoms with Crippen molar-refractivity contribution in [3.63, 3.8) is 0 Å². The summed E-state index contributed by atoms with van der Waals surface area (Å²) in [6.07, 6.45) is 1.95. The Bertz CT molecular complexity index is 1380. The molecular formula is C30H42IN5O3. The molecular weight excluding hydrogens is 605 g/mol. The van der Waals surface area contributed by atoms with Crippen LogP contribution in [0.1, 0.15) is 26.7 Å². The van der Waals surface area contributed by atoms with Crippen LogP contribution in [0.5, 0.6) is 5.75 Å². The fourth-order valence-corrected chi connectivity index (χ4v) is 4.93. The van der Waals surface area contributed by atoms with Crippen molar-refractivity contribution in [1.29, 1.82) is 0 Å². The number of carbonyl (C=O) groups excluding carboxylic acids is 1. The van der Waals surface area contributed by atoms with Crippen LogP contribution in [0.15, 0.2) is 46.9 Å². The largest absolute Gasteiger partial charge is 1.00 e. The molecule has 0 saturated carbocycles. The van der Waals surface area contributed by atoms with Gasteiger partial charge in [-0.25, -0.2) is 0 Å². The number of hydrogen-bond acceptors (Lipinski definition) is 6. The molecule has 4 rings (SSSR count). The maximum Gasteiger partial charge on any atom is 0.261 e. The summed E-state index contributed by atoms with van der Waals surface area (Å²) in [6.45, 7) is 10.0. The van der Waals surface area contributed by atoms with Crippen molar-refractivity contribution < 1.29 is 42.5 Å². The topological polar surface area (TPSA) is 73.9 Å². The number of ether oxygens (including phenoxy) is 1. The van der Waals surface area contributed by atoms with Crippen molar-refractivity contribution >= 4 is 44.6 Å². The van der Waals surface area contributed by atoms with Gasteiger partial charge in [0.15, 0.2) is 6.61 Å². The van der Waals surface area contributed by atoms with E-state index in [4.69, 9.17) is 9.15 Å². The lowest BCUT2D eigenvalue weighted by Gasteiger charge is -2.18. The molecule has 1 amide bonds. The molecule has 212 valence electrons. The number of rotatable bonds is 14. The fraction of sp³-hybridized carbons (Fsp3) is 0.467. The summed E-state index contributed by atoms with van der Waals surface area (Å²) in [7, 11) is 6.12. The molecule has 2 heterocycles. The number of hydrogen-bond donors (Lipinski definition) is 2. The smallest absolute Gasteiger partial charge is 0.261 e. The molecule has 4 aromatic rings. The molecule has 0 fully saturated rings. The van der Waals surface area contributed by atoms with Gasteiger partial charge in [-0.2, -0.15) is 4.57 Å². The number of pyridine rings is 1. The third kappa shape index (κ3) is 7.52. The van der Waals surface area contributed by atoms with Gasteiger partial charge >= 0.3 is 0 Å². The first-order valence-corrected chi connectivity index (χ1v) is 13.7. The molecule has 0 saturated heterocycles. The van der Waals surface area contributed by atoms with E-state index < -0.39 is 0 Å². The van der Waals surface area contributed by atoms with Gasteiger partial charge in [-0.15, -0.1) is 0 Å². The summed E-state index contributed by atoms with van der Waals surface area (Å²) in [5.41, 5.74) is 4.77. The van der Waals surface area contributed by atoms with Crippen LogP contribution in [-0.4, -0.2) is 75.7 Å². The first kappa shape index (κ1) is 30.9. The van der Waals surface area contributed by atoms with E-state index in [-0.39, 0.29) is 36.5 Å². The Morgan fingerprint density at radius 3 is 2.49 bits per heavy atom. The minimum absolute atomic E-state index is 0. The van der Waals surface area contributed by atoms with Gasteiger partial charge in [-0.1, -0.05) is 26.0 Å². The highest BCUT2D eigenvalue weighted by molar-refractivity contribution is 6.11. The van der Waals surface area contributed by atoms with Gasteiger partial charge in [0.1, 0.15) is 18.4 Å². The number of benzene rings is 2. The van der Waals surface area contributed by atoms with Crippen molar-refractivity contribution in [2.45, 2.75) is 26.7 Å². The molecule has 2 N–H and O–H groups in total. The van der Waals surface area contributed by atoms with Gasteiger partial charge in [0, 0.05) is 19.2 Å². The highest BCUT2D eigenvalue weighted by atomic mass is 127. The zero-order valence-corrected chi connectivity index (χ0v) is 26.0. The van der Waals surface area contributed by atoms with Gasteiger partial charge in [0.25, 0.3) is 11.4 Å². The molecule has 0 aliphatic rings. The van der Waals surface area contributed by atoms with Crippen LogP contribution >= 0.6 is 0 Å². The number of para-hydroxylation sites is 1. The van der Waals surface area contributed by atoms with Crippen LogP contribution in [0.2, 0.25) is 0 Å². The Morgan fingerprint density at radius 1 is 1.00 bits per heavy atom. The number of fused-ring (bicyclic) bond motifs is 4. The molecule has 0 aliphatic heterocycles. The number of aryl methyl sites for hydroxylation is 1. The number of nitrogens with zero attached hydrogens (tertiary/aromatic N) is 3. The third-order valence-corrected chi connectivity index (χ3v) is 7.05. The normalized spacial score (nSPS) is 11.5. The quantitative estimate of drug-likeness (QED) is 0.122. The number of nitrogens with one attached hydrogen (secondary N) is 2. The summed E-state index contributed by atoms with van der Waals surface area (Å²) < 4.78 is 14.5. The lowest BCUT2D eigenvalue weighted by molar-refractivity contribution is -0.616. The lowest BCUT2D eigenvalue weighted by Crippen LogP contribution is -3.00. The Labute approximate surface area is 248 Å². The van der Waals surface area contributed by atoms with Crippen molar-refractivity contribution in [3.8, 4) is 5.75 Å². The van der Waals surface area contributed by atoms with Crippen LogP contribution < -0.4 is 43.9 Å². The van der Waals surface area contributed by atoms with E-state index in [2.05, 4.69) is 70.2 Å². The van der Waals surface area contributed by atoms with Gasteiger partial charge in [-0.05, 0) is 77.4 Å². The first-order valence-electron chi connectivity index (χ1n) is 13.7. The number of aromatic nitrogens is 1. The van der Waals surface area contributed by atoms with Crippen molar-refractivity contribution in [2.24, 2.45) is 7.05 Å². The van der Waals surface area contributed by atoms with E-state index in [1.807, 2.05) is 32.3 Å². The zero-order chi connectivity index (χ0) is 27.1. The first-order chi connectivity index (χ1) is 18.4. The minimum atomic E-state index is -0.117. The second-order valence-corrected chi connectivity index (χ2v) is 9.99. The molecule has 0 aliphatic carbocycles. The predicted molar refractivity (Wildman–Crippen MR) is 155 cm³/mol. The molecule has 0 atom stereocenters. The fourth-order valence-electron chi connectivity index (χ4n) is 4.93. The zero-order valence-electron chi connectivity index (χ0n) is 23.8. The third-order valence-electron chi connectivity index (χ3n) is 7.05. The summed E-state index contributed by atoms with van der Waals surface area (Å²) in [6, 6.07) is 14.2. The molecule has 0 radical (unpaired) electrons. The van der Waals surface area contributed by atoms with E-state index in [0.717, 1.165) is 84.2 Å². The Kier molecular flexibility index (Phi) is 11.6. The molecule has 8 nitrogen and oxygen atoms in total. The average Bonchev–Trinajstić information content (AvgIpc) is 3.30. The maximum atomic E-state index is 12.3. The van der Waals surface area contributed by atoms with Gasteiger partial charge in [-0.3, -0.25) is 4.79 Å². The second kappa shape index (κ2) is 14.7.